The Labute approximate surface area is 260 Å². The highest BCUT2D eigenvalue weighted by Crippen LogP contribution is 2.12. The van der Waals surface area contributed by atoms with Crippen molar-refractivity contribution in [2.24, 2.45) is 11.8 Å². The number of amides is 3. The minimum atomic E-state index is -1.11. The van der Waals surface area contributed by atoms with Crippen LogP contribution >= 0.6 is 0 Å². The van der Waals surface area contributed by atoms with E-state index < -0.39 is 47.5 Å². The van der Waals surface area contributed by atoms with Crippen molar-refractivity contribution in [1.82, 2.24) is 16.0 Å². The molecular weight excluding hydrogens is 562 g/mol. The number of Topliss-reactive ketones (excluding diaryl/α,β-unsaturated/α-hetero) is 1. The van der Waals surface area contributed by atoms with Crippen molar-refractivity contribution in [2.45, 2.75) is 91.5 Å². The zero-order valence-corrected chi connectivity index (χ0v) is 26.7. The molecule has 3 unspecified atom stereocenters. The summed E-state index contributed by atoms with van der Waals surface area (Å²) in [4.78, 5) is 64.1. The van der Waals surface area contributed by atoms with Gasteiger partial charge in [0.1, 0.15) is 30.1 Å². The van der Waals surface area contributed by atoms with Crippen molar-refractivity contribution in [3.8, 4) is 0 Å². The quantitative estimate of drug-likeness (QED) is 0.238. The first-order chi connectivity index (χ1) is 20.7. The molecule has 2 rings (SSSR count). The molecule has 0 radical (unpaired) electrons. The van der Waals surface area contributed by atoms with E-state index in [2.05, 4.69) is 16.0 Å². The maximum atomic E-state index is 13.5. The zero-order chi connectivity index (χ0) is 32.7. The second kappa shape index (κ2) is 17.8. The standard InChI is InChI=1S/C34H47N3O7/c1-23(2)29(32(41)43-22-26-15-11-8-12-16-26)37-31(40)30(24(3)21-35-33(42)44-34(4,5)6)36-28(39)20-19-27(38)18-17-25-13-9-7-10-14-25/h7-16,23-24,29-30H,17-22H2,1-6H3,(H,35,42)(H,36,39)(H,37,40). The fourth-order valence-corrected chi connectivity index (χ4v) is 4.25. The molecule has 0 saturated heterocycles. The van der Waals surface area contributed by atoms with E-state index in [9.17, 15) is 24.0 Å². The number of carbonyl (C=O) groups is 5. The van der Waals surface area contributed by atoms with E-state index in [0.717, 1.165) is 11.1 Å². The van der Waals surface area contributed by atoms with Crippen LogP contribution in [0.4, 0.5) is 4.79 Å². The van der Waals surface area contributed by atoms with Crippen LogP contribution in [0.1, 0.15) is 71.9 Å². The minimum Gasteiger partial charge on any atom is -0.459 e. The molecule has 0 fully saturated rings. The summed E-state index contributed by atoms with van der Waals surface area (Å²) < 4.78 is 10.8. The molecule has 10 nitrogen and oxygen atoms in total. The van der Waals surface area contributed by atoms with E-state index in [0.29, 0.717) is 12.8 Å². The lowest BCUT2D eigenvalue weighted by Crippen LogP contribution is -2.57. The Bertz CT molecular complexity index is 1230. The van der Waals surface area contributed by atoms with Crippen molar-refractivity contribution in [2.75, 3.05) is 6.54 Å². The Hall–Kier alpha value is -4.21. The fourth-order valence-electron chi connectivity index (χ4n) is 4.25. The van der Waals surface area contributed by atoms with Crippen LogP contribution in [0.25, 0.3) is 0 Å². The number of benzene rings is 2. The van der Waals surface area contributed by atoms with E-state index in [1.165, 1.54) is 0 Å². The molecule has 0 aromatic heterocycles. The highest BCUT2D eigenvalue weighted by atomic mass is 16.6. The van der Waals surface area contributed by atoms with Gasteiger partial charge in [-0.25, -0.2) is 9.59 Å². The molecule has 0 bridgehead atoms. The number of nitrogens with one attached hydrogen (secondary N) is 3. The number of hydrogen-bond donors (Lipinski definition) is 3. The van der Waals surface area contributed by atoms with Crippen LogP contribution in [0.15, 0.2) is 60.7 Å². The first kappa shape index (κ1) is 36.0. The van der Waals surface area contributed by atoms with Crippen LogP contribution in [0, 0.1) is 11.8 Å². The van der Waals surface area contributed by atoms with E-state index >= 15 is 0 Å². The lowest BCUT2D eigenvalue weighted by Gasteiger charge is -2.28. The Morgan fingerprint density at radius 1 is 0.750 bits per heavy atom. The third-order valence-corrected chi connectivity index (χ3v) is 6.74. The maximum Gasteiger partial charge on any atom is 0.407 e. The van der Waals surface area contributed by atoms with Crippen LogP contribution in [-0.2, 0) is 41.7 Å². The van der Waals surface area contributed by atoms with E-state index in [1.807, 2.05) is 60.7 Å². The number of hydrogen-bond acceptors (Lipinski definition) is 7. The highest BCUT2D eigenvalue weighted by Gasteiger charge is 2.33. The van der Waals surface area contributed by atoms with Gasteiger partial charge in [-0.1, -0.05) is 81.4 Å². The molecule has 0 aliphatic carbocycles. The van der Waals surface area contributed by atoms with Crippen molar-refractivity contribution in [1.29, 1.82) is 0 Å². The minimum absolute atomic E-state index is 0.00802. The second-order valence-corrected chi connectivity index (χ2v) is 12.3. The molecule has 0 aliphatic heterocycles. The monoisotopic (exact) mass is 609 g/mol. The Morgan fingerprint density at radius 3 is 1.91 bits per heavy atom. The van der Waals surface area contributed by atoms with Gasteiger partial charge in [-0.15, -0.1) is 0 Å². The number of rotatable bonds is 16. The van der Waals surface area contributed by atoms with Crippen LogP contribution in [-0.4, -0.2) is 53.9 Å². The number of aryl methyl sites for hydroxylation is 1. The summed E-state index contributed by atoms with van der Waals surface area (Å²) in [6, 6.07) is 16.7. The molecule has 0 saturated carbocycles. The van der Waals surface area contributed by atoms with Crippen molar-refractivity contribution < 1.29 is 33.4 Å². The molecule has 3 amide bonds. The lowest BCUT2D eigenvalue weighted by molar-refractivity contribution is -0.150. The average molecular weight is 610 g/mol. The van der Waals surface area contributed by atoms with Gasteiger partial charge in [-0.05, 0) is 44.2 Å². The Morgan fingerprint density at radius 2 is 1.34 bits per heavy atom. The van der Waals surface area contributed by atoms with Crippen LogP contribution < -0.4 is 16.0 Å². The lowest BCUT2D eigenvalue weighted by atomic mass is 9.98. The number of esters is 1. The summed E-state index contributed by atoms with van der Waals surface area (Å²) in [5, 5.41) is 8.07. The van der Waals surface area contributed by atoms with Gasteiger partial charge in [0.2, 0.25) is 11.8 Å². The third kappa shape index (κ3) is 13.8. The van der Waals surface area contributed by atoms with Gasteiger partial charge in [0.15, 0.2) is 0 Å². The second-order valence-electron chi connectivity index (χ2n) is 12.3. The average Bonchev–Trinajstić information content (AvgIpc) is 2.98. The molecule has 0 spiro atoms. The molecular formula is C34H47N3O7. The van der Waals surface area contributed by atoms with Crippen LogP contribution in [0.2, 0.25) is 0 Å². The topological polar surface area (TPSA) is 140 Å². The van der Waals surface area contributed by atoms with Gasteiger partial charge in [0.25, 0.3) is 0 Å². The molecule has 240 valence electrons. The molecule has 10 heteroatoms. The van der Waals surface area contributed by atoms with E-state index in [-0.39, 0.29) is 37.7 Å². The fraction of sp³-hybridized carbons (Fsp3) is 0.500. The largest absolute Gasteiger partial charge is 0.459 e. The maximum absolute atomic E-state index is 13.5. The van der Waals surface area contributed by atoms with Gasteiger partial charge in [0.05, 0.1) is 0 Å². The first-order valence-electron chi connectivity index (χ1n) is 15.1. The first-order valence-corrected chi connectivity index (χ1v) is 15.1. The zero-order valence-electron chi connectivity index (χ0n) is 26.7. The molecule has 44 heavy (non-hydrogen) atoms. The summed E-state index contributed by atoms with van der Waals surface area (Å²) in [6.07, 6.45) is 0.146. The smallest absolute Gasteiger partial charge is 0.407 e. The van der Waals surface area contributed by atoms with E-state index in [1.54, 1.807) is 41.5 Å². The van der Waals surface area contributed by atoms with Crippen molar-refractivity contribution in [3.63, 3.8) is 0 Å². The van der Waals surface area contributed by atoms with Gasteiger partial charge in [0, 0.05) is 31.7 Å². The third-order valence-electron chi connectivity index (χ3n) is 6.74. The van der Waals surface area contributed by atoms with Crippen molar-refractivity contribution in [3.05, 3.63) is 71.8 Å². The van der Waals surface area contributed by atoms with Gasteiger partial charge < -0.3 is 25.4 Å². The van der Waals surface area contributed by atoms with E-state index in [4.69, 9.17) is 9.47 Å². The predicted molar refractivity (Wildman–Crippen MR) is 167 cm³/mol. The Kier molecular flexibility index (Phi) is 14.6. The highest BCUT2D eigenvalue weighted by molar-refractivity contribution is 5.92. The molecule has 0 heterocycles. The summed E-state index contributed by atoms with van der Waals surface area (Å²) in [7, 11) is 0. The van der Waals surface area contributed by atoms with Gasteiger partial charge in [-0.2, -0.15) is 0 Å². The van der Waals surface area contributed by atoms with Gasteiger partial charge >= 0.3 is 12.1 Å². The molecule has 3 atom stereocenters. The van der Waals surface area contributed by atoms with Crippen molar-refractivity contribution >= 4 is 29.7 Å². The van der Waals surface area contributed by atoms with Crippen LogP contribution in [0.5, 0.6) is 0 Å². The number of alkyl carbamates (subject to hydrolysis) is 1. The molecule has 3 N–H and O–H groups in total. The SMILES string of the molecule is CC(C)C(NC(=O)C(NC(=O)CCC(=O)CCc1ccccc1)C(C)CNC(=O)OC(C)(C)C)C(=O)OCc1ccccc1. The summed E-state index contributed by atoms with van der Waals surface area (Å²) >= 11 is 0. The van der Waals surface area contributed by atoms with Crippen LogP contribution in [0.3, 0.4) is 0 Å². The Balaban J connectivity index is 2.05. The summed E-state index contributed by atoms with van der Waals surface area (Å²) in [5.41, 5.74) is 1.13. The molecule has 0 aliphatic rings. The molecule has 2 aromatic carbocycles. The summed E-state index contributed by atoms with van der Waals surface area (Å²) in [6.45, 7) is 10.5. The number of ether oxygens (including phenoxy) is 2. The predicted octanol–water partition coefficient (Wildman–Crippen LogP) is 4.50. The summed E-state index contributed by atoms with van der Waals surface area (Å²) in [5.74, 6) is -2.67. The van der Waals surface area contributed by atoms with Gasteiger partial charge in [-0.3, -0.25) is 14.4 Å². The molecule has 2 aromatic rings. The number of ketones is 1. The number of carbonyl (C=O) groups excluding carboxylic acids is 5. The normalized spacial score (nSPS) is 13.2.